The molecule has 0 unspecified atom stereocenters. The van der Waals surface area contributed by atoms with Crippen LogP contribution < -0.4 is 0 Å². The Kier molecular flexibility index (Phi) is 7.32. The van der Waals surface area contributed by atoms with Crippen LogP contribution in [0.25, 0.3) is 61.1 Å². The Bertz CT molecular complexity index is 2540. The molecule has 7 rings (SSSR count). The average Bonchev–Trinajstić information content (AvgIpc) is 3.46. The van der Waals surface area contributed by atoms with Gasteiger partial charge in [0.15, 0.2) is 5.82 Å². The molecule has 0 saturated heterocycles. The predicted octanol–water partition coefficient (Wildman–Crippen LogP) is 7.94. The van der Waals surface area contributed by atoms with E-state index in [-0.39, 0.29) is 0 Å². The summed E-state index contributed by atoms with van der Waals surface area (Å²) in [5.74, 6) is 1.52. The molecule has 9 nitrogen and oxygen atoms in total. The first kappa shape index (κ1) is 30.0. The highest BCUT2D eigenvalue weighted by Crippen LogP contribution is 2.38. The van der Waals surface area contributed by atoms with Crippen LogP contribution in [-0.4, -0.2) is 19.5 Å². The summed E-state index contributed by atoms with van der Waals surface area (Å²) >= 11 is 0. The molecule has 0 aliphatic rings. The van der Waals surface area contributed by atoms with Gasteiger partial charge in [0.25, 0.3) is 0 Å². The maximum Gasteiger partial charge on any atom is 0.164 e. The normalized spacial score (nSPS) is 10.6. The van der Waals surface area contributed by atoms with Crippen molar-refractivity contribution >= 4 is 21.8 Å². The monoisotopic (exact) mass is 627 g/mol. The number of nitriles is 5. The topological polar surface area (TPSA) is 163 Å². The summed E-state index contributed by atoms with van der Waals surface area (Å²) in [5.41, 5.74) is 7.92. The van der Waals surface area contributed by atoms with Gasteiger partial charge < -0.3 is 4.57 Å². The highest BCUT2D eigenvalue weighted by atomic mass is 15.0. The lowest BCUT2D eigenvalue weighted by Crippen LogP contribution is -2.01. The third-order valence-corrected chi connectivity index (χ3v) is 8.30. The molecule has 226 valence electrons. The highest BCUT2D eigenvalue weighted by molar-refractivity contribution is 6.11. The second-order valence-electron chi connectivity index (χ2n) is 11.4. The van der Waals surface area contributed by atoms with Gasteiger partial charge in [-0.25, -0.2) is 15.0 Å². The Labute approximate surface area is 281 Å². The number of benzene rings is 5. The Hall–Kier alpha value is -7.64. The van der Waals surface area contributed by atoms with Crippen LogP contribution in [0, 0.1) is 70.5 Å². The molecule has 0 radical (unpaired) electrons. The van der Waals surface area contributed by atoms with E-state index in [9.17, 15) is 26.3 Å². The van der Waals surface area contributed by atoms with E-state index in [1.54, 1.807) is 56.3 Å². The standard InChI is InChI=1S/C40H21N9/c1-23-46-24(2)48-40(47-23)35-8-5-34(15-33(35)22-45)49-38-16-29(31-11-25(18-41)9-26(12-31)19-42)3-6-36(38)37-7-4-30(17-39(37)49)32-13-27(20-43)10-28(14-32)21-44/h3-17H,1-2H3. The number of aromatic nitrogens is 4. The zero-order valence-corrected chi connectivity index (χ0v) is 26.2. The van der Waals surface area contributed by atoms with Crippen LogP contribution in [0.4, 0.5) is 0 Å². The van der Waals surface area contributed by atoms with Crippen molar-refractivity contribution in [3.05, 3.63) is 130 Å². The van der Waals surface area contributed by atoms with Crippen LogP contribution in [0.5, 0.6) is 0 Å². The summed E-state index contributed by atoms with van der Waals surface area (Å²) in [6, 6.07) is 38.5. The van der Waals surface area contributed by atoms with Crippen LogP contribution in [0.3, 0.4) is 0 Å². The second-order valence-corrected chi connectivity index (χ2v) is 11.4. The number of aryl methyl sites for hydroxylation is 2. The van der Waals surface area contributed by atoms with Crippen molar-refractivity contribution in [2.45, 2.75) is 13.8 Å². The summed E-state index contributed by atoms with van der Waals surface area (Å²) in [5, 5.41) is 50.7. The van der Waals surface area contributed by atoms with Gasteiger partial charge in [0.2, 0.25) is 0 Å². The van der Waals surface area contributed by atoms with E-state index in [2.05, 4.69) is 49.9 Å². The minimum absolute atomic E-state index is 0.380. The Morgan fingerprint density at radius 3 is 1.37 bits per heavy atom. The van der Waals surface area contributed by atoms with Gasteiger partial charge in [0.1, 0.15) is 11.6 Å². The van der Waals surface area contributed by atoms with Crippen LogP contribution in [-0.2, 0) is 0 Å². The number of fused-ring (bicyclic) bond motifs is 3. The third kappa shape index (κ3) is 5.35. The number of hydrogen-bond acceptors (Lipinski definition) is 8. The summed E-state index contributed by atoms with van der Waals surface area (Å²) < 4.78 is 2.06. The fourth-order valence-electron chi connectivity index (χ4n) is 6.20. The van der Waals surface area contributed by atoms with Gasteiger partial charge in [-0.2, -0.15) is 26.3 Å². The quantitative estimate of drug-likeness (QED) is 0.190. The average molecular weight is 628 g/mol. The van der Waals surface area contributed by atoms with Crippen molar-refractivity contribution in [3.63, 3.8) is 0 Å². The maximum atomic E-state index is 10.3. The van der Waals surface area contributed by atoms with Crippen LogP contribution in [0.2, 0.25) is 0 Å². The van der Waals surface area contributed by atoms with Crippen molar-refractivity contribution in [3.8, 4) is 69.7 Å². The zero-order valence-electron chi connectivity index (χ0n) is 26.2. The molecule has 0 aliphatic heterocycles. The largest absolute Gasteiger partial charge is 0.309 e. The molecule has 7 aromatic rings. The van der Waals surface area contributed by atoms with Crippen molar-refractivity contribution in [2.24, 2.45) is 0 Å². The lowest BCUT2D eigenvalue weighted by molar-refractivity contribution is 0.928. The SMILES string of the molecule is Cc1nc(C)nc(-c2ccc(-n3c4cc(-c5cc(C#N)cc(C#N)c5)ccc4c4ccc(-c5cc(C#N)cc(C#N)c5)cc43)cc2C#N)n1. The van der Waals surface area contributed by atoms with Gasteiger partial charge in [-0.1, -0.05) is 24.3 Å². The molecule has 2 aromatic heterocycles. The van der Waals surface area contributed by atoms with Gasteiger partial charge in [-0.15, -0.1) is 0 Å². The first-order valence-electron chi connectivity index (χ1n) is 15.1. The van der Waals surface area contributed by atoms with Crippen LogP contribution >= 0.6 is 0 Å². The molecular weight excluding hydrogens is 607 g/mol. The fraction of sp³-hybridized carbons (Fsp3) is 0.0500. The Morgan fingerprint density at radius 1 is 0.469 bits per heavy atom. The summed E-state index contributed by atoms with van der Waals surface area (Å²) in [6.07, 6.45) is 0. The summed E-state index contributed by atoms with van der Waals surface area (Å²) in [6.45, 7) is 3.56. The van der Waals surface area contributed by atoms with Crippen molar-refractivity contribution in [1.29, 1.82) is 26.3 Å². The molecule has 0 fully saturated rings. The maximum absolute atomic E-state index is 10.3. The predicted molar refractivity (Wildman–Crippen MR) is 184 cm³/mol. The van der Waals surface area contributed by atoms with E-state index < -0.39 is 0 Å². The minimum Gasteiger partial charge on any atom is -0.309 e. The number of rotatable bonds is 4. The highest BCUT2D eigenvalue weighted by Gasteiger charge is 2.18. The first-order valence-corrected chi connectivity index (χ1v) is 15.1. The van der Waals surface area contributed by atoms with E-state index in [1.165, 1.54) is 0 Å². The second kappa shape index (κ2) is 11.9. The number of hydrogen-bond donors (Lipinski definition) is 0. The van der Waals surface area contributed by atoms with E-state index in [1.807, 2.05) is 48.5 Å². The molecule has 49 heavy (non-hydrogen) atoms. The lowest BCUT2D eigenvalue weighted by Gasteiger charge is -2.12. The third-order valence-electron chi connectivity index (χ3n) is 8.30. The fourth-order valence-corrected chi connectivity index (χ4v) is 6.20. The van der Waals surface area contributed by atoms with E-state index in [4.69, 9.17) is 0 Å². The van der Waals surface area contributed by atoms with Gasteiger partial charge in [0.05, 0.1) is 69.2 Å². The van der Waals surface area contributed by atoms with Crippen molar-refractivity contribution in [2.75, 3.05) is 0 Å². The van der Waals surface area contributed by atoms with Gasteiger partial charge in [0, 0.05) is 22.0 Å². The first-order chi connectivity index (χ1) is 23.8. The number of nitrogens with zero attached hydrogens (tertiary/aromatic N) is 9. The lowest BCUT2D eigenvalue weighted by atomic mass is 9.98. The Morgan fingerprint density at radius 2 is 0.939 bits per heavy atom. The van der Waals surface area contributed by atoms with Crippen LogP contribution in [0.1, 0.15) is 39.5 Å². The zero-order chi connectivity index (χ0) is 34.2. The minimum atomic E-state index is 0.380. The van der Waals surface area contributed by atoms with Crippen molar-refractivity contribution < 1.29 is 0 Å². The van der Waals surface area contributed by atoms with Crippen LogP contribution in [0.15, 0.2) is 91.0 Å². The molecule has 5 aromatic carbocycles. The van der Waals surface area contributed by atoms with Gasteiger partial charge >= 0.3 is 0 Å². The molecule has 0 bridgehead atoms. The van der Waals surface area contributed by atoms with E-state index >= 15 is 0 Å². The molecule has 0 aliphatic carbocycles. The smallest absolute Gasteiger partial charge is 0.164 e. The van der Waals surface area contributed by atoms with Gasteiger partial charge in [-0.3, -0.25) is 0 Å². The molecule has 0 N–H and O–H groups in total. The Balaban J connectivity index is 1.52. The molecule has 0 amide bonds. The molecule has 0 spiro atoms. The molecule has 0 atom stereocenters. The molecule has 2 heterocycles. The molecule has 9 heteroatoms. The summed E-state index contributed by atoms with van der Waals surface area (Å²) in [7, 11) is 0. The van der Waals surface area contributed by atoms with E-state index in [0.29, 0.717) is 56.5 Å². The van der Waals surface area contributed by atoms with E-state index in [0.717, 1.165) is 44.1 Å². The van der Waals surface area contributed by atoms with Gasteiger partial charge in [-0.05, 0) is 103 Å². The summed E-state index contributed by atoms with van der Waals surface area (Å²) in [4.78, 5) is 13.2. The van der Waals surface area contributed by atoms with Crippen molar-refractivity contribution in [1.82, 2.24) is 19.5 Å². The molecule has 0 saturated carbocycles. The molecular formula is C40H21N9.